The molecule has 0 spiro atoms. The molecule has 0 unspecified atom stereocenters. The number of nitrogens with zero attached hydrogens (tertiary/aromatic N) is 4. The number of ether oxygens (including phenoxy) is 1. The van der Waals surface area contributed by atoms with Crippen molar-refractivity contribution in [3.05, 3.63) is 260 Å². The fourth-order valence-corrected chi connectivity index (χ4v) is 13.1. The molecule has 0 amide bonds. The summed E-state index contributed by atoms with van der Waals surface area (Å²) in [6.07, 6.45) is 5.11. The van der Waals surface area contributed by atoms with Gasteiger partial charge in [-0.05, 0) is 72.1 Å². The molecule has 9 aromatic carbocycles. The molecule has 0 radical (unpaired) electrons. The van der Waals surface area contributed by atoms with Crippen LogP contribution < -0.4 is 30.1 Å². The van der Waals surface area contributed by atoms with Crippen molar-refractivity contribution < 1.29 is 57.8 Å². The van der Waals surface area contributed by atoms with Crippen molar-refractivity contribution in [3.63, 3.8) is 0 Å². The van der Waals surface area contributed by atoms with Crippen LogP contribution in [0.1, 0.15) is 53.7 Å². The predicted molar refractivity (Wildman–Crippen MR) is 288 cm³/mol. The minimum absolute atomic E-state index is 0. The summed E-state index contributed by atoms with van der Waals surface area (Å²) in [7, 11) is -6.00. The van der Waals surface area contributed by atoms with Crippen molar-refractivity contribution in [1.82, 2.24) is 14.1 Å². The van der Waals surface area contributed by atoms with Crippen molar-refractivity contribution >= 4 is 61.7 Å². The number of para-hydroxylation sites is 4. The molecule has 71 heavy (non-hydrogen) atoms. The van der Waals surface area contributed by atoms with E-state index in [4.69, 9.17) is 17.9 Å². The number of hydrogen-bond donors (Lipinski definition) is 0. The minimum atomic E-state index is -6.00. The van der Waals surface area contributed by atoms with Gasteiger partial charge in [-0.2, -0.15) is 18.2 Å². The average Bonchev–Trinajstić information content (AvgIpc) is 0.752. The Kier molecular flexibility index (Phi) is 7.43. The smallest absolute Gasteiger partial charge is 0.268 e. The number of imidazole rings is 1. The maximum absolute atomic E-state index is 9.84. The van der Waals surface area contributed by atoms with Crippen LogP contribution in [0.25, 0.3) is 61.2 Å². The molecule has 0 aliphatic carbocycles. The zero-order valence-electron chi connectivity index (χ0n) is 58.0. The van der Waals surface area contributed by atoms with Crippen molar-refractivity contribution in [2.45, 2.75) is 26.2 Å². The molecule has 0 aliphatic rings. The monoisotopic (exact) mass is 1130 g/mol. The Morgan fingerprint density at radius 1 is 0.592 bits per heavy atom. The summed E-state index contributed by atoms with van der Waals surface area (Å²) in [4.78, 5) is 4.79. The molecular weight excluding hydrogens is 1060 g/mol. The average molecular weight is 1130 g/mol. The van der Waals surface area contributed by atoms with Gasteiger partial charge in [-0.25, -0.2) is 4.98 Å². The Balaban J connectivity index is 0.00000850. The third-order valence-electron chi connectivity index (χ3n) is 12.2. The molecule has 3 heterocycles. The van der Waals surface area contributed by atoms with Gasteiger partial charge in [-0.1, -0.05) is 208 Å². The van der Waals surface area contributed by atoms with Gasteiger partial charge in [-0.3, -0.25) is 4.57 Å². The molecule has 0 saturated carbocycles. The van der Waals surface area contributed by atoms with Crippen LogP contribution in [0, 0.1) is 18.5 Å². The number of pyridine rings is 1. The third-order valence-corrected chi connectivity index (χ3v) is 16.4. The predicted octanol–water partition coefficient (Wildman–Crippen LogP) is 11.9. The van der Waals surface area contributed by atoms with Gasteiger partial charge in [0.1, 0.15) is 5.82 Å². The first kappa shape index (κ1) is 28.1. The van der Waals surface area contributed by atoms with E-state index in [9.17, 15) is 19.2 Å². The summed E-state index contributed by atoms with van der Waals surface area (Å²) in [6, 6.07) is 19.2. The molecule has 3 aromatic heterocycles. The van der Waals surface area contributed by atoms with Crippen LogP contribution in [0.2, 0.25) is 0 Å². The largest absolute Gasteiger partial charge is 0.510 e. The zero-order chi connectivity index (χ0) is 64.6. The molecule has 346 valence electrons. The van der Waals surface area contributed by atoms with Crippen LogP contribution in [-0.4, -0.2) is 22.2 Å². The van der Waals surface area contributed by atoms with Crippen LogP contribution in [0.4, 0.5) is 0 Å². The van der Waals surface area contributed by atoms with Crippen molar-refractivity contribution in [2.24, 2.45) is 0 Å². The van der Waals surface area contributed by atoms with Crippen molar-refractivity contribution in [2.75, 3.05) is 0 Å². The number of fused-ring (bicyclic) bond motifs is 4. The van der Waals surface area contributed by atoms with E-state index in [-0.39, 0.29) is 54.7 Å². The van der Waals surface area contributed by atoms with E-state index < -0.39 is 155 Å². The van der Waals surface area contributed by atoms with Gasteiger partial charge >= 0.3 is 0 Å². The van der Waals surface area contributed by atoms with Crippen LogP contribution >= 0.6 is 0 Å². The standard InChI is InChI=1S/C64H48N4OSi.Pt/c1-64(2,3)47-40-41-65-62(42-47)68-57-34-17-16-32-55(57)56-39-38-50(44-60(56)68)69-49-25-20-24-48(43-49)66-45-67(59-36-19-18-35-58(59)66)63-54(46-22-8-4-9-23-46)33-21-37-61(63)70(51-26-10-5-11-27-51,52-28-12-6-13-29-52)53-30-14-7-15-31-53;/h4-42H,1-3H3;/q-2;/i4D,5D,6D,7D,8D,9D,10D,11D,12D,13D,14D,15D,22D,23D,26D,27D,28D,29D,30D,31D;. The van der Waals surface area contributed by atoms with Gasteiger partial charge in [0.2, 0.25) is 0 Å². The number of rotatable bonds is 10. The number of hydrogen-bond acceptors (Lipinski definition) is 2. The van der Waals surface area contributed by atoms with E-state index in [1.807, 2.05) is 47.0 Å². The topological polar surface area (TPSA) is 35.9 Å². The second kappa shape index (κ2) is 18.8. The summed E-state index contributed by atoms with van der Waals surface area (Å²) >= 11 is 0. The quantitative estimate of drug-likeness (QED) is 0.0592. The van der Waals surface area contributed by atoms with Gasteiger partial charge in [-0.15, -0.1) is 29.7 Å². The van der Waals surface area contributed by atoms with E-state index in [0.29, 0.717) is 22.6 Å². The summed E-state index contributed by atoms with van der Waals surface area (Å²) in [5.41, 5.74) is 2.17. The Bertz CT molecular complexity index is 4800. The van der Waals surface area contributed by atoms with E-state index in [0.717, 1.165) is 21.9 Å². The fraction of sp³-hybridized carbons (Fsp3) is 0.0625. The second-order valence-corrected chi connectivity index (χ2v) is 20.8. The minimum Gasteiger partial charge on any atom is -0.510 e. The molecule has 5 nitrogen and oxygen atoms in total. The maximum atomic E-state index is 9.84. The molecule has 0 fully saturated rings. The zero-order valence-corrected chi connectivity index (χ0v) is 41.3. The summed E-state index contributed by atoms with van der Waals surface area (Å²) < 4.78 is 197. The van der Waals surface area contributed by atoms with Gasteiger partial charge in [0.25, 0.3) is 6.33 Å². The van der Waals surface area contributed by atoms with Gasteiger partial charge in [0.15, 0.2) is 8.07 Å². The van der Waals surface area contributed by atoms with Crippen molar-refractivity contribution in [3.8, 4) is 39.8 Å². The Morgan fingerprint density at radius 3 is 1.87 bits per heavy atom. The Labute approximate surface area is 458 Å². The molecule has 0 atom stereocenters. The molecule has 0 bridgehead atoms. The molecule has 0 aliphatic heterocycles. The van der Waals surface area contributed by atoms with E-state index in [2.05, 4.69) is 39.2 Å². The van der Waals surface area contributed by atoms with E-state index in [1.54, 1.807) is 54.7 Å². The SMILES string of the molecule is [2H]c1c([2H])c([2H])c(-c2cccc([Si](c3c([2H])c([2H])c([2H])c([2H])c3[2H])(c3c([2H])c([2H])c([2H])c([2H])c3[2H])c3c([2H])c([2H])c([2H])c([2H])c3[2H])c2-[n+]2[c-]n(-c3[c-]c(Oc4[c-]c5c(cc4)c4ccccc4n5-c4cc(C(C)(C)C)ccn4)ccc3)c3ccccc32)c([2H])c1[2H].[Pt]. The summed E-state index contributed by atoms with van der Waals surface area (Å²) in [5.74, 6) is 1.16. The number of aromatic nitrogens is 4. The first-order valence-electron chi connectivity index (χ1n) is 32.2. The first-order valence-corrected chi connectivity index (χ1v) is 24.2. The van der Waals surface area contributed by atoms with Gasteiger partial charge in [0, 0.05) is 44.3 Å². The van der Waals surface area contributed by atoms with Gasteiger partial charge in [0.05, 0.1) is 44.1 Å². The second-order valence-electron chi connectivity index (χ2n) is 17.3. The normalized spacial score (nSPS) is 15.7. The molecule has 0 N–H and O–H groups in total. The molecule has 12 rings (SSSR count). The van der Waals surface area contributed by atoms with Crippen LogP contribution in [0.15, 0.2) is 236 Å². The van der Waals surface area contributed by atoms with E-state index >= 15 is 0 Å². The fourth-order valence-electron chi connectivity index (χ4n) is 9.09. The maximum Gasteiger partial charge on any atom is 0.268 e. The molecule has 12 aromatic rings. The summed E-state index contributed by atoms with van der Waals surface area (Å²) in [5, 5.41) is -0.970. The Hall–Kier alpha value is -7.89. The molecule has 7 heteroatoms. The summed E-state index contributed by atoms with van der Waals surface area (Å²) in [6.45, 7) is 6.37. The van der Waals surface area contributed by atoms with Crippen LogP contribution in [0.5, 0.6) is 11.5 Å². The van der Waals surface area contributed by atoms with Gasteiger partial charge < -0.3 is 13.9 Å². The number of benzene rings is 9. The van der Waals surface area contributed by atoms with Crippen LogP contribution in [0.3, 0.4) is 0 Å². The Morgan fingerprint density at radius 2 is 1.20 bits per heavy atom. The third kappa shape index (κ3) is 8.03. The first-order chi connectivity index (χ1) is 42.6. The van der Waals surface area contributed by atoms with E-state index in [1.165, 1.54) is 27.3 Å². The molecular formula is C64H48N4OPtSi-2. The molecule has 0 saturated heterocycles. The van der Waals surface area contributed by atoms with Crippen LogP contribution in [-0.2, 0) is 26.5 Å². The van der Waals surface area contributed by atoms with Crippen molar-refractivity contribution in [1.29, 1.82) is 0 Å².